The highest BCUT2D eigenvalue weighted by molar-refractivity contribution is 14.0. The second kappa shape index (κ2) is 12.9. The van der Waals surface area contributed by atoms with Gasteiger partial charge in [0.25, 0.3) is 0 Å². The van der Waals surface area contributed by atoms with Crippen molar-refractivity contribution in [1.82, 2.24) is 15.5 Å². The van der Waals surface area contributed by atoms with E-state index in [1.807, 2.05) is 12.1 Å². The Balaban J connectivity index is 0.00000338. The highest BCUT2D eigenvalue weighted by Crippen LogP contribution is 2.16. The van der Waals surface area contributed by atoms with Gasteiger partial charge in [-0.15, -0.1) is 24.0 Å². The van der Waals surface area contributed by atoms with Crippen molar-refractivity contribution in [1.29, 1.82) is 0 Å². The van der Waals surface area contributed by atoms with Gasteiger partial charge in [-0.05, 0) is 69.8 Å². The van der Waals surface area contributed by atoms with E-state index < -0.39 is 0 Å². The predicted octanol–water partition coefficient (Wildman–Crippen LogP) is 4.04. The molecule has 1 aliphatic heterocycles. The average molecular weight is 541 g/mol. The zero-order valence-electron chi connectivity index (χ0n) is 15.7. The van der Waals surface area contributed by atoms with Crippen molar-refractivity contribution in [2.45, 2.75) is 32.6 Å². The first-order chi connectivity index (χ1) is 12.1. The second-order valence-corrected chi connectivity index (χ2v) is 7.67. The first-order valence-corrected chi connectivity index (χ1v) is 10.0. The predicted molar refractivity (Wildman–Crippen MR) is 122 cm³/mol. The van der Waals surface area contributed by atoms with Crippen LogP contribution < -0.4 is 10.6 Å². The number of benzene rings is 1. The highest BCUT2D eigenvalue weighted by Gasteiger charge is 2.16. The molecule has 1 fully saturated rings. The molecule has 1 aromatic rings. The van der Waals surface area contributed by atoms with Crippen LogP contribution in [0.4, 0.5) is 4.39 Å². The lowest BCUT2D eigenvalue weighted by atomic mass is 9.99. The van der Waals surface area contributed by atoms with E-state index in [0.717, 1.165) is 55.0 Å². The fraction of sp³-hybridized carbons (Fsp3) is 0.632. The van der Waals surface area contributed by atoms with Gasteiger partial charge in [-0.2, -0.15) is 0 Å². The molecule has 0 aromatic heterocycles. The van der Waals surface area contributed by atoms with Crippen LogP contribution in [0, 0.1) is 11.7 Å². The Morgan fingerprint density at radius 1 is 1.38 bits per heavy atom. The monoisotopic (exact) mass is 540 g/mol. The topological polar surface area (TPSA) is 39.7 Å². The summed E-state index contributed by atoms with van der Waals surface area (Å²) in [5.74, 6) is 1.37. The van der Waals surface area contributed by atoms with E-state index in [0.29, 0.717) is 5.92 Å². The molecule has 1 atom stereocenters. The van der Waals surface area contributed by atoms with Crippen LogP contribution in [0.15, 0.2) is 27.7 Å². The van der Waals surface area contributed by atoms with Crippen LogP contribution in [0.5, 0.6) is 0 Å². The van der Waals surface area contributed by atoms with Crippen molar-refractivity contribution in [2.24, 2.45) is 10.9 Å². The summed E-state index contributed by atoms with van der Waals surface area (Å²) in [7, 11) is 2.18. The lowest BCUT2D eigenvalue weighted by Gasteiger charge is -2.28. The van der Waals surface area contributed by atoms with Crippen LogP contribution in [0.3, 0.4) is 0 Å². The van der Waals surface area contributed by atoms with Gasteiger partial charge in [0.05, 0.1) is 0 Å². The van der Waals surface area contributed by atoms with E-state index in [-0.39, 0.29) is 29.8 Å². The number of hydrogen-bond donors (Lipinski definition) is 2. The number of nitrogens with zero attached hydrogens (tertiary/aromatic N) is 2. The average Bonchev–Trinajstić information content (AvgIpc) is 2.58. The molecule has 1 heterocycles. The van der Waals surface area contributed by atoms with E-state index in [1.165, 1.54) is 25.5 Å². The van der Waals surface area contributed by atoms with E-state index in [4.69, 9.17) is 4.99 Å². The largest absolute Gasteiger partial charge is 0.357 e. The molecule has 0 saturated carbocycles. The molecule has 2 rings (SSSR count). The molecule has 1 aromatic carbocycles. The number of halogens is 3. The summed E-state index contributed by atoms with van der Waals surface area (Å²) in [5, 5.41) is 6.66. The van der Waals surface area contributed by atoms with Crippen LogP contribution >= 0.6 is 39.9 Å². The van der Waals surface area contributed by atoms with Gasteiger partial charge in [0.15, 0.2) is 5.96 Å². The third-order valence-electron chi connectivity index (χ3n) is 4.50. The van der Waals surface area contributed by atoms with Crippen LogP contribution in [-0.2, 0) is 6.42 Å². The Hall–Kier alpha value is -0.410. The number of hydrogen-bond acceptors (Lipinski definition) is 2. The van der Waals surface area contributed by atoms with Gasteiger partial charge in [0.1, 0.15) is 5.82 Å². The third-order valence-corrected chi connectivity index (χ3v) is 5.00. The van der Waals surface area contributed by atoms with Crippen molar-refractivity contribution in [3.63, 3.8) is 0 Å². The summed E-state index contributed by atoms with van der Waals surface area (Å²) < 4.78 is 14.6. The SMILES string of the molecule is CCNC(=NCC1CCCN(C)C1)NCCCc1ccc(Br)cc1F.I. The zero-order chi connectivity index (χ0) is 18.1. The summed E-state index contributed by atoms with van der Waals surface area (Å²) >= 11 is 3.29. The second-order valence-electron chi connectivity index (χ2n) is 6.76. The Morgan fingerprint density at radius 3 is 2.88 bits per heavy atom. The summed E-state index contributed by atoms with van der Waals surface area (Å²) in [6.45, 7) is 6.89. The molecule has 26 heavy (non-hydrogen) atoms. The summed E-state index contributed by atoms with van der Waals surface area (Å²) in [6, 6.07) is 5.26. The Bertz CT molecular complexity index is 570. The highest BCUT2D eigenvalue weighted by atomic mass is 127. The van der Waals surface area contributed by atoms with E-state index in [2.05, 4.69) is 45.4 Å². The Morgan fingerprint density at radius 2 is 2.19 bits per heavy atom. The summed E-state index contributed by atoms with van der Waals surface area (Å²) in [5.41, 5.74) is 0.761. The summed E-state index contributed by atoms with van der Waals surface area (Å²) in [4.78, 5) is 7.12. The molecule has 0 aliphatic carbocycles. The number of nitrogens with one attached hydrogen (secondary N) is 2. The van der Waals surface area contributed by atoms with Gasteiger partial charge >= 0.3 is 0 Å². The molecular formula is C19H31BrFIN4. The van der Waals surface area contributed by atoms with Crippen molar-refractivity contribution >= 4 is 45.9 Å². The molecule has 7 heteroatoms. The number of guanidine groups is 1. The maximum Gasteiger partial charge on any atom is 0.191 e. The molecule has 2 N–H and O–H groups in total. The van der Waals surface area contributed by atoms with Gasteiger partial charge < -0.3 is 15.5 Å². The molecule has 0 amide bonds. The number of aryl methyl sites for hydroxylation is 1. The molecule has 0 spiro atoms. The smallest absolute Gasteiger partial charge is 0.191 e. The van der Waals surface area contributed by atoms with Crippen molar-refractivity contribution in [3.8, 4) is 0 Å². The molecule has 0 radical (unpaired) electrons. The third kappa shape index (κ3) is 8.52. The minimum atomic E-state index is -0.142. The fourth-order valence-electron chi connectivity index (χ4n) is 3.19. The van der Waals surface area contributed by atoms with Gasteiger partial charge in [-0.25, -0.2) is 4.39 Å². The van der Waals surface area contributed by atoms with Crippen LogP contribution in [0.25, 0.3) is 0 Å². The van der Waals surface area contributed by atoms with Crippen LogP contribution in [-0.4, -0.2) is 50.6 Å². The standard InChI is InChI=1S/C19H30BrFN4.HI/c1-3-22-19(24-13-15-6-5-11-25(2)14-15)23-10-4-7-16-8-9-17(20)12-18(16)21;/h8-9,12,15H,3-7,10-11,13-14H2,1-2H3,(H2,22,23,24);1H. The Labute approximate surface area is 182 Å². The van der Waals surface area contributed by atoms with E-state index in [1.54, 1.807) is 0 Å². The molecule has 148 valence electrons. The van der Waals surface area contributed by atoms with Crippen molar-refractivity contribution in [3.05, 3.63) is 34.1 Å². The first kappa shape index (κ1) is 23.6. The minimum absolute atomic E-state index is 0. The van der Waals surface area contributed by atoms with Gasteiger partial charge in [-0.3, -0.25) is 4.99 Å². The van der Waals surface area contributed by atoms with E-state index >= 15 is 0 Å². The van der Waals surface area contributed by atoms with Crippen LogP contribution in [0.2, 0.25) is 0 Å². The fourth-order valence-corrected chi connectivity index (χ4v) is 3.53. The zero-order valence-corrected chi connectivity index (χ0v) is 19.6. The van der Waals surface area contributed by atoms with Crippen LogP contribution in [0.1, 0.15) is 31.7 Å². The lowest BCUT2D eigenvalue weighted by Crippen LogP contribution is -2.39. The molecule has 1 saturated heterocycles. The molecule has 1 aliphatic rings. The quantitative estimate of drug-likeness (QED) is 0.237. The minimum Gasteiger partial charge on any atom is -0.357 e. The van der Waals surface area contributed by atoms with E-state index in [9.17, 15) is 4.39 Å². The van der Waals surface area contributed by atoms with Gasteiger partial charge in [0, 0.05) is 30.7 Å². The maximum absolute atomic E-state index is 13.8. The number of aliphatic imine (C=N–C) groups is 1. The summed E-state index contributed by atoms with van der Waals surface area (Å²) in [6.07, 6.45) is 4.11. The van der Waals surface area contributed by atoms with Crippen molar-refractivity contribution < 1.29 is 4.39 Å². The number of rotatable bonds is 7. The Kier molecular flexibility index (Phi) is 11.7. The number of likely N-dealkylation sites (tertiary alicyclic amines) is 1. The van der Waals surface area contributed by atoms with Crippen molar-refractivity contribution in [2.75, 3.05) is 39.8 Å². The first-order valence-electron chi connectivity index (χ1n) is 9.23. The van der Waals surface area contributed by atoms with Gasteiger partial charge in [-0.1, -0.05) is 22.0 Å². The molecule has 1 unspecified atom stereocenters. The van der Waals surface area contributed by atoms with Gasteiger partial charge in [0.2, 0.25) is 0 Å². The lowest BCUT2D eigenvalue weighted by molar-refractivity contribution is 0.214. The molecule has 4 nitrogen and oxygen atoms in total. The number of piperidine rings is 1. The normalized spacial score (nSPS) is 18.3. The molecule has 0 bridgehead atoms. The molecular weight excluding hydrogens is 510 g/mol. The maximum atomic E-state index is 13.8.